The van der Waals surface area contributed by atoms with Crippen LogP contribution < -0.4 is 5.73 Å². The molecule has 3 nitrogen and oxygen atoms in total. The lowest BCUT2D eigenvalue weighted by Gasteiger charge is -2.17. The summed E-state index contributed by atoms with van der Waals surface area (Å²) >= 11 is 5.99. The lowest BCUT2D eigenvalue weighted by atomic mass is 9.96. The second kappa shape index (κ2) is 5.17. The fourth-order valence-corrected chi connectivity index (χ4v) is 2.80. The largest absolute Gasteiger partial charge is 0.383 e. The van der Waals surface area contributed by atoms with E-state index >= 15 is 0 Å². The molecule has 0 saturated carbocycles. The van der Waals surface area contributed by atoms with E-state index in [2.05, 4.69) is 9.97 Å². The second-order valence-electron chi connectivity index (χ2n) is 4.96. The Morgan fingerprint density at radius 1 is 1.16 bits per heavy atom. The van der Waals surface area contributed by atoms with Gasteiger partial charge in [-0.25, -0.2) is 9.97 Å². The fourth-order valence-electron chi connectivity index (χ4n) is 2.58. The molecule has 19 heavy (non-hydrogen) atoms. The summed E-state index contributed by atoms with van der Waals surface area (Å²) in [7, 11) is 0. The molecule has 4 heteroatoms. The smallest absolute Gasteiger partial charge is 0.135 e. The summed E-state index contributed by atoms with van der Waals surface area (Å²) in [4.78, 5) is 9.10. The maximum Gasteiger partial charge on any atom is 0.135 e. The van der Waals surface area contributed by atoms with Crippen LogP contribution in [0.2, 0.25) is 5.02 Å². The number of nitrogens with two attached hydrogens (primary N) is 1. The molecule has 0 unspecified atom stereocenters. The van der Waals surface area contributed by atoms with Crippen molar-refractivity contribution in [1.82, 2.24) is 9.97 Å². The number of fused-ring (bicyclic) bond motifs is 1. The molecule has 0 atom stereocenters. The number of nitrogen functional groups attached to an aromatic ring is 1. The van der Waals surface area contributed by atoms with Gasteiger partial charge in [-0.05, 0) is 43.4 Å². The molecule has 1 aliphatic carbocycles. The Morgan fingerprint density at radius 3 is 2.84 bits per heavy atom. The molecule has 1 aromatic heterocycles. The van der Waals surface area contributed by atoms with Gasteiger partial charge in [0.05, 0.1) is 0 Å². The maximum absolute atomic E-state index is 6.05. The Hall–Kier alpha value is -1.61. The minimum Gasteiger partial charge on any atom is -0.383 e. The van der Waals surface area contributed by atoms with Crippen molar-refractivity contribution in [3.8, 4) is 0 Å². The molecule has 2 N–H and O–H groups in total. The van der Waals surface area contributed by atoms with E-state index in [1.807, 2.05) is 24.3 Å². The number of rotatable bonds is 2. The summed E-state index contributed by atoms with van der Waals surface area (Å²) in [6, 6.07) is 7.79. The van der Waals surface area contributed by atoms with Crippen LogP contribution in [0.1, 0.15) is 35.5 Å². The van der Waals surface area contributed by atoms with E-state index in [0.29, 0.717) is 12.2 Å². The van der Waals surface area contributed by atoms with E-state index in [1.54, 1.807) is 0 Å². The van der Waals surface area contributed by atoms with Gasteiger partial charge in [-0.1, -0.05) is 23.7 Å². The third-order valence-electron chi connectivity index (χ3n) is 3.51. The first-order chi connectivity index (χ1) is 9.22. The summed E-state index contributed by atoms with van der Waals surface area (Å²) in [6.07, 6.45) is 5.09. The van der Waals surface area contributed by atoms with Gasteiger partial charge in [-0.15, -0.1) is 0 Å². The molecule has 0 aliphatic heterocycles. The summed E-state index contributed by atoms with van der Waals surface area (Å²) in [6.45, 7) is 0. The second-order valence-corrected chi connectivity index (χ2v) is 5.40. The van der Waals surface area contributed by atoms with Gasteiger partial charge in [0.25, 0.3) is 0 Å². The first kappa shape index (κ1) is 12.4. The number of anilines is 1. The zero-order valence-electron chi connectivity index (χ0n) is 10.7. The minimum atomic E-state index is 0.654. The van der Waals surface area contributed by atoms with Crippen molar-refractivity contribution in [2.24, 2.45) is 0 Å². The first-order valence-electron chi connectivity index (χ1n) is 6.61. The molecular formula is C15H16ClN3. The molecule has 0 spiro atoms. The van der Waals surface area contributed by atoms with E-state index < -0.39 is 0 Å². The van der Waals surface area contributed by atoms with Gasteiger partial charge in [-0.3, -0.25) is 0 Å². The molecular weight excluding hydrogens is 258 g/mol. The number of nitrogens with zero attached hydrogens (tertiary/aromatic N) is 2. The number of hydrogen-bond acceptors (Lipinski definition) is 3. The molecule has 0 bridgehead atoms. The van der Waals surface area contributed by atoms with E-state index in [-0.39, 0.29) is 0 Å². The highest BCUT2D eigenvalue weighted by Crippen LogP contribution is 2.24. The Balaban J connectivity index is 1.91. The molecule has 0 amide bonds. The average Bonchev–Trinajstić information content (AvgIpc) is 2.39. The first-order valence-corrected chi connectivity index (χ1v) is 6.99. The highest BCUT2D eigenvalue weighted by molar-refractivity contribution is 6.30. The lowest BCUT2D eigenvalue weighted by molar-refractivity contribution is 0.658. The number of halogens is 1. The van der Waals surface area contributed by atoms with Gasteiger partial charge in [0.1, 0.15) is 11.6 Å². The van der Waals surface area contributed by atoms with Crippen molar-refractivity contribution in [1.29, 1.82) is 0 Å². The minimum absolute atomic E-state index is 0.654. The van der Waals surface area contributed by atoms with E-state index in [1.165, 1.54) is 12.8 Å². The van der Waals surface area contributed by atoms with Crippen LogP contribution in [-0.4, -0.2) is 9.97 Å². The van der Waals surface area contributed by atoms with E-state index in [0.717, 1.165) is 40.5 Å². The zero-order chi connectivity index (χ0) is 13.2. The zero-order valence-corrected chi connectivity index (χ0v) is 11.5. The van der Waals surface area contributed by atoms with E-state index in [4.69, 9.17) is 17.3 Å². The Labute approximate surface area is 117 Å². The Morgan fingerprint density at radius 2 is 2.00 bits per heavy atom. The highest BCUT2D eigenvalue weighted by atomic mass is 35.5. The quantitative estimate of drug-likeness (QED) is 0.914. The van der Waals surface area contributed by atoms with Crippen LogP contribution in [0.25, 0.3) is 0 Å². The maximum atomic E-state index is 6.05. The number of hydrogen-bond donors (Lipinski definition) is 1. The van der Waals surface area contributed by atoms with Gasteiger partial charge in [0.2, 0.25) is 0 Å². The average molecular weight is 274 g/mol. The third kappa shape index (κ3) is 2.71. The van der Waals surface area contributed by atoms with Crippen molar-refractivity contribution >= 4 is 17.4 Å². The summed E-state index contributed by atoms with van der Waals surface area (Å²) < 4.78 is 0. The number of aryl methyl sites for hydroxylation is 1. The standard InChI is InChI=1S/C15H16ClN3/c16-11-5-3-4-10(8-11)9-14-18-13-7-2-1-6-12(13)15(17)19-14/h3-5,8H,1-2,6-7,9H2,(H2,17,18,19). The molecule has 1 aliphatic rings. The van der Waals surface area contributed by atoms with Crippen LogP contribution in [-0.2, 0) is 19.3 Å². The normalized spacial score (nSPS) is 14.2. The predicted molar refractivity (Wildman–Crippen MR) is 77.3 cm³/mol. The molecule has 3 rings (SSSR count). The highest BCUT2D eigenvalue weighted by Gasteiger charge is 2.16. The molecule has 2 aromatic rings. The van der Waals surface area contributed by atoms with Crippen LogP contribution in [0.15, 0.2) is 24.3 Å². The molecule has 0 fully saturated rings. The van der Waals surface area contributed by atoms with Crippen molar-refractivity contribution in [2.75, 3.05) is 5.73 Å². The number of aromatic nitrogens is 2. The van der Waals surface area contributed by atoms with Crippen LogP contribution in [0.5, 0.6) is 0 Å². The monoisotopic (exact) mass is 273 g/mol. The predicted octanol–water partition coefficient (Wildman–Crippen LogP) is 3.18. The number of benzene rings is 1. The van der Waals surface area contributed by atoms with Crippen molar-refractivity contribution < 1.29 is 0 Å². The summed E-state index contributed by atoms with van der Waals surface area (Å²) in [5, 5.41) is 0.739. The van der Waals surface area contributed by atoms with Gasteiger partial charge in [0.15, 0.2) is 0 Å². The Bertz CT molecular complexity index is 610. The summed E-state index contributed by atoms with van der Waals surface area (Å²) in [5.41, 5.74) is 9.45. The van der Waals surface area contributed by atoms with Crippen molar-refractivity contribution in [3.05, 3.63) is 51.9 Å². The van der Waals surface area contributed by atoms with Crippen LogP contribution in [0.3, 0.4) is 0 Å². The molecule has 98 valence electrons. The van der Waals surface area contributed by atoms with Gasteiger partial charge < -0.3 is 5.73 Å². The summed E-state index contributed by atoms with van der Waals surface area (Å²) in [5.74, 6) is 1.45. The van der Waals surface area contributed by atoms with Gasteiger partial charge >= 0.3 is 0 Å². The topological polar surface area (TPSA) is 51.8 Å². The Kier molecular flexibility index (Phi) is 3.38. The van der Waals surface area contributed by atoms with Gasteiger partial charge in [0, 0.05) is 22.7 Å². The fraction of sp³-hybridized carbons (Fsp3) is 0.333. The molecule has 0 saturated heterocycles. The van der Waals surface area contributed by atoms with Crippen molar-refractivity contribution in [3.63, 3.8) is 0 Å². The molecule has 1 heterocycles. The van der Waals surface area contributed by atoms with E-state index in [9.17, 15) is 0 Å². The van der Waals surface area contributed by atoms with Crippen LogP contribution in [0, 0.1) is 0 Å². The van der Waals surface area contributed by atoms with Crippen LogP contribution in [0.4, 0.5) is 5.82 Å². The van der Waals surface area contributed by atoms with Crippen LogP contribution >= 0.6 is 11.6 Å². The third-order valence-corrected chi connectivity index (χ3v) is 3.75. The lowest BCUT2D eigenvalue weighted by Crippen LogP contribution is -2.13. The SMILES string of the molecule is Nc1nc(Cc2cccc(Cl)c2)nc2c1CCCC2. The molecule has 1 aromatic carbocycles. The van der Waals surface area contributed by atoms with Gasteiger partial charge in [-0.2, -0.15) is 0 Å². The van der Waals surface area contributed by atoms with Crippen molar-refractivity contribution in [2.45, 2.75) is 32.1 Å². The molecule has 0 radical (unpaired) electrons.